The normalized spacial score (nSPS) is 16.2. The van der Waals surface area contributed by atoms with Crippen LogP contribution in [0.25, 0.3) is 21.4 Å². The van der Waals surface area contributed by atoms with Gasteiger partial charge in [0.05, 0.1) is 22.6 Å². The van der Waals surface area contributed by atoms with Crippen LogP contribution in [0.4, 0.5) is 5.13 Å². The molecule has 1 atom stereocenters. The molecule has 168 valence electrons. The van der Waals surface area contributed by atoms with Gasteiger partial charge in [-0.1, -0.05) is 57.4 Å². The van der Waals surface area contributed by atoms with Crippen molar-refractivity contribution in [3.63, 3.8) is 0 Å². The second-order valence-electron chi connectivity index (χ2n) is 9.51. The van der Waals surface area contributed by atoms with Crippen LogP contribution in [-0.2, 0) is 6.42 Å². The largest absolute Gasteiger partial charge is 0.361 e. The van der Waals surface area contributed by atoms with Crippen LogP contribution in [-0.4, -0.2) is 26.1 Å². The molecule has 0 aliphatic heterocycles. The Morgan fingerprint density at radius 3 is 2.72 bits per heavy atom. The minimum Gasteiger partial charge on any atom is -0.361 e. The molecule has 1 fully saturated rings. The number of imidazole rings is 1. The van der Waals surface area contributed by atoms with Crippen molar-refractivity contribution >= 4 is 37.8 Å². The van der Waals surface area contributed by atoms with Gasteiger partial charge in [0.2, 0.25) is 0 Å². The predicted octanol–water partition coefficient (Wildman–Crippen LogP) is 6.84. The molecule has 3 heterocycles. The number of rotatable bonds is 7. The first-order chi connectivity index (χ1) is 15.6. The van der Waals surface area contributed by atoms with Gasteiger partial charge in [0, 0.05) is 12.7 Å². The van der Waals surface area contributed by atoms with E-state index in [9.17, 15) is 0 Å². The van der Waals surface area contributed by atoms with E-state index in [0.29, 0.717) is 5.92 Å². The van der Waals surface area contributed by atoms with Crippen molar-refractivity contribution < 1.29 is 0 Å². The molecule has 3 aromatic heterocycles. The maximum Gasteiger partial charge on any atom is 0.183 e. The predicted molar refractivity (Wildman–Crippen MR) is 135 cm³/mol. The van der Waals surface area contributed by atoms with Crippen molar-refractivity contribution in [3.8, 4) is 0 Å². The third-order valence-corrected chi connectivity index (χ3v) is 7.81. The summed E-state index contributed by atoms with van der Waals surface area (Å²) >= 11 is 1.77. The standard InChI is InChI=1S/C26H33N5S/c1-4-18-12-22-25(27-14-18)31(16-29-22)24(17(2)3)20-10-11-21-23(13-20)32-26(30-21)28-15-19-8-6-5-7-9-19/h10-14,16-17,19,24H,4-9,15H2,1-3H3,(H,28,30). The highest BCUT2D eigenvalue weighted by molar-refractivity contribution is 7.22. The zero-order chi connectivity index (χ0) is 22.1. The van der Waals surface area contributed by atoms with Crippen LogP contribution in [0.15, 0.2) is 36.8 Å². The average molecular weight is 448 g/mol. The summed E-state index contributed by atoms with van der Waals surface area (Å²) in [5.74, 6) is 1.21. The Morgan fingerprint density at radius 2 is 1.94 bits per heavy atom. The Balaban J connectivity index is 1.42. The van der Waals surface area contributed by atoms with E-state index in [4.69, 9.17) is 9.97 Å². The lowest BCUT2D eigenvalue weighted by Gasteiger charge is -2.23. The summed E-state index contributed by atoms with van der Waals surface area (Å²) in [6, 6.07) is 9.06. The molecule has 1 N–H and O–H groups in total. The maximum atomic E-state index is 4.85. The van der Waals surface area contributed by atoms with E-state index >= 15 is 0 Å². The molecule has 1 unspecified atom stereocenters. The van der Waals surface area contributed by atoms with E-state index in [1.165, 1.54) is 47.9 Å². The van der Waals surface area contributed by atoms with Crippen LogP contribution in [0.2, 0.25) is 0 Å². The van der Waals surface area contributed by atoms with Gasteiger partial charge in [0.1, 0.15) is 5.52 Å². The third-order valence-electron chi connectivity index (χ3n) is 6.83. The summed E-state index contributed by atoms with van der Waals surface area (Å²) in [5.41, 5.74) is 5.52. The van der Waals surface area contributed by atoms with Gasteiger partial charge in [-0.25, -0.2) is 15.0 Å². The molecule has 32 heavy (non-hydrogen) atoms. The Morgan fingerprint density at radius 1 is 1.09 bits per heavy atom. The molecule has 1 saturated carbocycles. The number of fused-ring (bicyclic) bond motifs is 2. The quantitative estimate of drug-likeness (QED) is 0.337. The Bertz CT molecular complexity index is 1200. The van der Waals surface area contributed by atoms with E-state index in [2.05, 4.69) is 59.9 Å². The van der Waals surface area contributed by atoms with E-state index < -0.39 is 0 Å². The number of nitrogens with one attached hydrogen (secondary N) is 1. The summed E-state index contributed by atoms with van der Waals surface area (Å²) in [5, 5.41) is 4.67. The molecular formula is C26H33N5S. The first-order valence-electron chi connectivity index (χ1n) is 12.1. The van der Waals surface area contributed by atoms with Gasteiger partial charge < -0.3 is 9.88 Å². The first kappa shape index (κ1) is 21.4. The molecule has 0 saturated heterocycles. The van der Waals surface area contributed by atoms with E-state index in [1.54, 1.807) is 11.3 Å². The van der Waals surface area contributed by atoms with E-state index in [0.717, 1.165) is 40.7 Å². The second-order valence-corrected chi connectivity index (χ2v) is 10.5. The van der Waals surface area contributed by atoms with Crippen molar-refractivity contribution in [2.75, 3.05) is 11.9 Å². The molecule has 0 amide bonds. The van der Waals surface area contributed by atoms with Crippen molar-refractivity contribution in [3.05, 3.63) is 47.9 Å². The molecule has 1 aliphatic carbocycles. The Hall–Kier alpha value is -2.47. The van der Waals surface area contributed by atoms with Crippen LogP contribution in [0.1, 0.15) is 70.0 Å². The van der Waals surface area contributed by atoms with Crippen LogP contribution in [0, 0.1) is 11.8 Å². The van der Waals surface area contributed by atoms with Gasteiger partial charge in [-0.3, -0.25) is 0 Å². The van der Waals surface area contributed by atoms with Gasteiger partial charge in [-0.05, 0) is 60.4 Å². The van der Waals surface area contributed by atoms with E-state index in [1.807, 2.05) is 12.5 Å². The van der Waals surface area contributed by atoms with Crippen LogP contribution >= 0.6 is 11.3 Å². The summed E-state index contributed by atoms with van der Waals surface area (Å²) in [4.78, 5) is 14.3. The zero-order valence-corrected chi connectivity index (χ0v) is 20.2. The number of hydrogen-bond donors (Lipinski definition) is 1. The molecule has 0 radical (unpaired) electrons. The van der Waals surface area contributed by atoms with Crippen LogP contribution in [0.3, 0.4) is 0 Å². The molecular weight excluding hydrogens is 414 g/mol. The van der Waals surface area contributed by atoms with Gasteiger partial charge in [0.25, 0.3) is 0 Å². The van der Waals surface area contributed by atoms with Crippen LogP contribution in [0.5, 0.6) is 0 Å². The minimum atomic E-state index is 0.185. The molecule has 6 heteroatoms. The lowest BCUT2D eigenvalue weighted by molar-refractivity contribution is 0.373. The van der Waals surface area contributed by atoms with Crippen molar-refractivity contribution in [2.24, 2.45) is 11.8 Å². The smallest absolute Gasteiger partial charge is 0.183 e. The summed E-state index contributed by atoms with van der Waals surface area (Å²) in [7, 11) is 0. The highest BCUT2D eigenvalue weighted by atomic mass is 32.1. The SMILES string of the molecule is CCc1cnc2c(c1)ncn2C(c1ccc2nc(NCC3CCCCC3)sc2c1)C(C)C. The van der Waals surface area contributed by atoms with Gasteiger partial charge in [0.15, 0.2) is 10.8 Å². The monoisotopic (exact) mass is 447 g/mol. The fourth-order valence-corrected chi connectivity index (χ4v) is 5.97. The van der Waals surface area contributed by atoms with Gasteiger partial charge in [-0.15, -0.1) is 0 Å². The second kappa shape index (κ2) is 9.18. The number of hydrogen-bond acceptors (Lipinski definition) is 5. The lowest BCUT2D eigenvalue weighted by Crippen LogP contribution is -2.16. The molecule has 5 nitrogen and oxygen atoms in total. The third kappa shape index (κ3) is 4.25. The number of nitrogens with zero attached hydrogens (tertiary/aromatic N) is 4. The fraction of sp³-hybridized carbons (Fsp3) is 0.500. The first-order valence-corrected chi connectivity index (χ1v) is 12.9. The topological polar surface area (TPSA) is 55.6 Å². The average Bonchev–Trinajstić information content (AvgIpc) is 3.41. The highest BCUT2D eigenvalue weighted by Gasteiger charge is 2.22. The molecule has 1 aromatic carbocycles. The van der Waals surface area contributed by atoms with Crippen molar-refractivity contribution in [1.29, 1.82) is 0 Å². The Kier molecular flexibility index (Phi) is 6.13. The van der Waals surface area contributed by atoms with E-state index in [-0.39, 0.29) is 6.04 Å². The summed E-state index contributed by atoms with van der Waals surface area (Å²) in [6.45, 7) is 7.74. The number of anilines is 1. The van der Waals surface area contributed by atoms with Crippen molar-refractivity contribution in [1.82, 2.24) is 19.5 Å². The lowest BCUT2D eigenvalue weighted by atomic mass is 9.89. The molecule has 5 rings (SSSR count). The fourth-order valence-electron chi connectivity index (χ4n) is 5.05. The number of pyridine rings is 1. The maximum absolute atomic E-state index is 4.85. The van der Waals surface area contributed by atoms with Gasteiger partial charge >= 0.3 is 0 Å². The number of benzene rings is 1. The summed E-state index contributed by atoms with van der Waals surface area (Å²) in [6.07, 6.45) is 11.8. The number of aryl methyl sites for hydroxylation is 1. The van der Waals surface area contributed by atoms with Crippen molar-refractivity contribution in [2.45, 2.75) is 65.3 Å². The summed E-state index contributed by atoms with van der Waals surface area (Å²) < 4.78 is 3.48. The minimum absolute atomic E-state index is 0.185. The number of aromatic nitrogens is 4. The Labute approximate surface area is 194 Å². The van der Waals surface area contributed by atoms with Gasteiger partial charge in [-0.2, -0.15) is 0 Å². The molecule has 1 aliphatic rings. The molecule has 4 aromatic rings. The van der Waals surface area contributed by atoms with Crippen LogP contribution < -0.4 is 5.32 Å². The molecule has 0 bridgehead atoms. The highest BCUT2D eigenvalue weighted by Crippen LogP contribution is 2.34. The molecule has 0 spiro atoms. The zero-order valence-electron chi connectivity index (χ0n) is 19.3. The number of thiazole rings is 1.